The standard InChI is InChI=1S/C13H16N4O2S2/c1-8-5-11(3-4-12(8)13(14)20)21(18,19)16-7-10-6-15-17-9(10)2/h3-6,16H,7H2,1-2H3,(H2,14,20)(H,15,17). The van der Waals surface area contributed by atoms with Gasteiger partial charge in [0.15, 0.2) is 0 Å². The Morgan fingerprint density at radius 1 is 1.43 bits per heavy atom. The SMILES string of the molecule is Cc1cc(S(=O)(=O)NCc2cn[nH]c2C)ccc1C(N)=S. The molecule has 0 saturated carbocycles. The van der Waals surface area contributed by atoms with Gasteiger partial charge in [0.05, 0.1) is 11.1 Å². The Morgan fingerprint density at radius 2 is 2.14 bits per heavy atom. The number of thiocarbonyl (C=S) groups is 1. The topological polar surface area (TPSA) is 101 Å². The quantitative estimate of drug-likeness (QED) is 0.716. The smallest absolute Gasteiger partial charge is 0.240 e. The number of hydrogen-bond acceptors (Lipinski definition) is 4. The maximum absolute atomic E-state index is 12.3. The molecule has 2 aromatic rings. The van der Waals surface area contributed by atoms with Crippen molar-refractivity contribution < 1.29 is 8.42 Å². The number of aromatic amines is 1. The molecular formula is C13H16N4O2S2. The van der Waals surface area contributed by atoms with Gasteiger partial charge in [-0.25, -0.2) is 13.1 Å². The van der Waals surface area contributed by atoms with Crippen LogP contribution in [0.25, 0.3) is 0 Å². The number of aromatic nitrogens is 2. The first-order chi connectivity index (χ1) is 9.81. The number of sulfonamides is 1. The van der Waals surface area contributed by atoms with Gasteiger partial charge in [-0.15, -0.1) is 0 Å². The molecule has 0 unspecified atom stereocenters. The summed E-state index contributed by atoms with van der Waals surface area (Å²) in [6, 6.07) is 4.67. The molecular weight excluding hydrogens is 308 g/mol. The van der Waals surface area contributed by atoms with Crippen molar-refractivity contribution in [3.8, 4) is 0 Å². The fourth-order valence-corrected chi connectivity index (χ4v) is 3.21. The Balaban J connectivity index is 2.22. The second-order valence-corrected chi connectivity index (χ2v) is 6.89. The molecule has 112 valence electrons. The van der Waals surface area contributed by atoms with Crippen LogP contribution in [0.1, 0.15) is 22.4 Å². The van der Waals surface area contributed by atoms with Gasteiger partial charge in [-0.3, -0.25) is 5.10 Å². The average Bonchev–Trinajstić information content (AvgIpc) is 2.81. The number of benzene rings is 1. The van der Waals surface area contributed by atoms with Crippen molar-refractivity contribution in [2.75, 3.05) is 0 Å². The molecule has 1 aromatic heterocycles. The minimum Gasteiger partial charge on any atom is -0.389 e. The summed E-state index contributed by atoms with van der Waals surface area (Å²) >= 11 is 4.91. The molecule has 0 spiro atoms. The molecule has 6 nitrogen and oxygen atoms in total. The highest BCUT2D eigenvalue weighted by Crippen LogP contribution is 2.16. The van der Waals surface area contributed by atoms with Crippen LogP contribution in [0, 0.1) is 13.8 Å². The maximum atomic E-state index is 12.3. The molecule has 0 atom stereocenters. The van der Waals surface area contributed by atoms with Crippen molar-refractivity contribution >= 4 is 27.2 Å². The zero-order valence-corrected chi connectivity index (χ0v) is 13.3. The van der Waals surface area contributed by atoms with E-state index in [1.807, 2.05) is 6.92 Å². The van der Waals surface area contributed by atoms with E-state index in [4.69, 9.17) is 18.0 Å². The zero-order valence-electron chi connectivity index (χ0n) is 11.7. The van der Waals surface area contributed by atoms with Gasteiger partial charge >= 0.3 is 0 Å². The van der Waals surface area contributed by atoms with E-state index in [1.165, 1.54) is 6.07 Å². The lowest BCUT2D eigenvalue weighted by molar-refractivity contribution is 0.581. The van der Waals surface area contributed by atoms with Crippen LogP contribution in [0.2, 0.25) is 0 Å². The second kappa shape index (κ2) is 5.92. The highest BCUT2D eigenvalue weighted by Gasteiger charge is 2.16. The number of aryl methyl sites for hydroxylation is 2. The first-order valence-electron chi connectivity index (χ1n) is 6.20. The lowest BCUT2D eigenvalue weighted by Crippen LogP contribution is -2.24. The van der Waals surface area contributed by atoms with Crippen molar-refractivity contribution in [3.05, 3.63) is 46.8 Å². The van der Waals surface area contributed by atoms with E-state index < -0.39 is 10.0 Å². The van der Waals surface area contributed by atoms with E-state index in [-0.39, 0.29) is 16.4 Å². The minimum atomic E-state index is -3.59. The summed E-state index contributed by atoms with van der Waals surface area (Å²) in [5.41, 5.74) is 8.60. The predicted octanol–water partition coefficient (Wildman–Crippen LogP) is 1.14. The zero-order chi connectivity index (χ0) is 15.6. The molecule has 0 fully saturated rings. The number of nitrogens with two attached hydrogens (primary N) is 1. The van der Waals surface area contributed by atoms with E-state index in [0.29, 0.717) is 5.56 Å². The second-order valence-electron chi connectivity index (χ2n) is 4.69. The van der Waals surface area contributed by atoms with Crippen LogP contribution in [0.4, 0.5) is 0 Å². The van der Waals surface area contributed by atoms with Gasteiger partial charge < -0.3 is 5.73 Å². The van der Waals surface area contributed by atoms with Crippen molar-refractivity contribution in [3.63, 3.8) is 0 Å². The first-order valence-corrected chi connectivity index (χ1v) is 8.09. The lowest BCUT2D eigenvalue weighted by Gasteiger charge is -2.09. The monoisotopic (exact) mass is 324 g/mol. The number of nitrogens with one attached hydrogen (secondary N) is 2. The van der Waals surface area contributed by atoms with Gasteiger partial charge in [0, 0.05) is 23.4 Å². The summed E-state index contributed by atoms with van der Waals surface area (Å²) in [6.07, 6.45) is 1.60. The van der Waals surface area contributed by atoms with Gasteiger partial charge in [-0.1, -0.05) is 18.3 Å². The molecule has 0 aliphatic heterocycles. The van der Waals surface area contributed by atoms with Crippen LogP contribution in [-0.4, -0.2) is 23.6 Å². The van der Waals surface area contributed by atoms with Crippen LogP contribution in [-0.2, 0) is 16.6 Å². The average molecular weight is 324 g/mol. The van der Waals surface area contributed by atoms with Gasteiger partial charge in [0.25, 0.3) is 0 Å². The Morgan fingerprint density at radius 3 is 2.67 bits per heavy atom. The number of nitrogens with zero attached hydrogens (tertiary/aromatic N) is 1. The Kier molecular flexibility index (Phi) is 4.40. The van der Waals surface area contributed by atoms with Gasteiger partial charge in [-0.2, -0.15) is 5.10 Å². The fourth-order valence-electron chi connectivity index (χ4n) is 1.89. The highest BCUT2D eigenvalue weighted by atomic mass is 32.2. The molecule has 0 aliphatic rings. The first kappa shape index (κ1) is 15.6. The number of H-pyrrole nitrogens is 1. The van der Waals surface area contributed by atoms with Crippen LogP contribution in [0.15, 0.2) is 29.3 Å². The van der Waals surface area contributed by atoms with Crippen LogP contribution < -0.4 is 10.5 Å². The number of rotatable bonds is 5. The fraction of sp³-hybridized carbons (Fsp3) is 0.231. The summed E-state index contributed by atoms with van der Waals surface area (Å²) < 4.78 is 27.1. The molecule has 0 bridgehead atoms. The van der Waals surface area contributed by atoms with Crippen LogP contribution in [0.5, 0.6) is 0 Å². The van der Waals surface area contributed by atoms with Crippen LogP contribution in [0.3, 0.4) is 0 Å². The van der Waals surface area contributed by atoms with E-state index in [0.717, 1.165) is 16.8 Å². The van der Waals surface area contributed by atoms with Crippen molar-refractivity contribution in [1.82, 2.24) is 14.9 Å². The molecule has 4 N–H and O–H groups in total. The summed E-state index contributed by atoms with van der Waals surface area (Å²) in [6.45, 7) is 3.78. The van der Waals surface area contributed by atoms with E-state index in [1.54, 1.807) is 25.3 Å². The van der Waals surface area contributed by atoms with Crippen molar-refractivity contribution in [2.45, 2.75) is 25.3 Å². The van der Waals surface area contributed by atoms with Gasteiger partial charge in [-0.05, 0) is 31.5 Å². The van der Waals surface area contributed by atoms with E-state index >= 15 is 0 Å². The minimum absolute atomic E-state index is 0.181. The predicted molar refractivity (Wildman–Crippen MR) is 84.4 cm³/mol. The molecule has 1 heterocycles. The van der Waals surface area contributed by atoms with Crippen LogP contribution >= 0.6 is 12.2 Å². The molecule has 1 aromatic carbocycles. The summed E-state index contributed by atoms with van der Waals surface area (Å²) in [4.78, 5) is 0.430. The summed E-state index contributed by atoms with van der Waals surface area (Å²) in [5, 5.41) is 6.61. The Labute approximate surface area is 128 Å². The normalized spacial score (nSPS) is 11.5. The largest absolute Gasteiger partial charge is 0.389 e. The third kappa shape index (κ3) is 3.46. The lowest BCUT2D eigenvalue weighted by atomic mass is 10.1. The Hall–Kier alpha value is -1.77. The number of hydrogen-bond donors (Lipinski definition) is 3. The molecule has 0 saturated heterocycles. The highest BCUT2D eigenvalue weighted by molar-refractivity contribution is 7.89. The third-order valence-corrected chi connectivity index (χ3v) is 4.78. The van der Waals surface area contributed by atoms with Gasteiger partial charge in [0.2, 0.25) is 10.0 Å². The molecule has 0 radical (unpaired) electrons. The van der Waals surface area contributed by atoms with Gasteiger partial charge in [0.1, 0.15) is 4.99 Å². The van der Waals surface area contributed by atoms with Crippen molar-refractivity contribution in [1.29, 1.82) is 0 Å². The Bertz CT molecular complexity index is 781. The molecule has 21 heavy (non-hydrogen) atoms. The van der Waals surface area contributed by atoms with E-state index in [9.17, 15) is 8.42 Å². The van der Waals surface area contributed by atoms with Crippen molar-refractivity contribution in [2.24, 2.45) is 5.73 Å². The summed E-state index contributed by atoms with van der Waals surface area (Å²) in [7, 11) is -3.59. The third-order valence-electron chi connectivity index (χ3n) is 3.16. The molecule has 2 rings (SSSR count). The maximum Gasteiger partial charge on any atom is 0.240 e. The molecule has 0 aliphatic carbocycles. The molecule has 8 heteroatoms. The summed E-state index contributed by atoms with van der Waals surface area (Å²) in [5.74, 6) is 0. The van der Waals surface area contributed by atoms with E-state index in [2.05, 4.69) is 14.9 Å². The molecule has 0 amide bonds.